The van der Waals surface area contributed by atoms with E-state index in [2.05, 4.69) is 10.5 Å². The third-order valence-electron chi connectivity index (χ3n) is 3.23. The Morgan fingerprint density at radius 1 is 1.40 bits per heavy atom. The monoisotopic (exact) mass is 366 g/mol. The normalized spacial score (nSPS) is 11.0. The molecule has 134 valence electrons. The van der Waals surface area contributed by atoms with E-state index in [0.717, 1.165) is 0 Å². The van der Waals surface area contributed by atoms with Crippen LogP contribution >= 0.6 is 11.8 Å². The summed E-state index contributed by atoms with van der Waals surface area (Å²) in [5.74, 6) is -0.856. The number of benzene rings is 1. The maximum atomic E-state index is 12.7. The number of halogens is 1. The number of aromatic hydroxyl groups is 2. The largest absolute Gasteiger partial charge is 0.494 e. The minimum Gasteiger partial charge on any atom is -0.494 e. The highest BCUT2D eigenvalue weighted by Crippen LogP contribution is 2.33. The lowest BCUT2D eigenvalue weighted by Gasteiger charge is -2.08. The third kappa shape index (κ3) is 5.42. The predicted octanol–water partition coefficient (Wildman–Crippen LogP) is 1.93. The van der Waals surface area contributed by atoms with Crippen molar-refractivity contribution < 1.29 is 24.2 Å². The molecule has 0 saturated carbocycles. The highest BCUT2D eigenvalue weighted by atomic mass is 32.2. The van der Waals surface area contributed by atoms with Crippen LogP contribution in [0, 0.1) is 5.82 Å². The lowest BCUT2D eigenvalue weighted by Crippen LogP contribution is -2.30. The number of nitrogens with zero attached hydrogens (tertiary/aromatic N) is 2. The zero-order valence-corrected chi connectivity index (χ0v) is 14.3. The third-order valence-corrected chi connectivity index (χ3v) is 3.97. The van der Waals surface area contributed by atoms with Gasteiger partial charge in [0, 0.05) is 19.2 Å². The summed E-state index contributed by atoms with van der Waals surface area (Å²) in [6, 6.07) is 7.10. The van der Waals surface area contributed by atoms with Gasteiger partial charge < -0.3 is 20.4 Å². The van der Waals surface area contributed by atoms with Crippen LogP contribution < -0.4 is 5.32 Å². The van der Waals surface area contributed by atoms with Crippen LogP contribution in [0.3, 0.4) is 0 Å². The molecule has 1 aromatic carbocycles. The molecule has 0 fully saturated rings. The molecule has 0 atom stereocenters. The first-order valence-corrected chi connectivity index (χ1v) is 8.56. The van der Waals surface area contributed by atoms with Gasteiger partial charge in [0.25, 0.3) is 5.91 Å². The maximum absolute atomic E-state index is 12.7. The number of carbonyl (C=O) groups is 1. The fraction of sp³-hybridized carbons (Fsp3) is 0.250. The lowest BCUT2D eigenvalue weighted by atomic mass is 10.2. The molecule has 0 aliphatic carbocycles. The Bertz CT molecular complexity index is 747. The Morgan fingerprint density at radius 2 is 2.12 bits per heavy atom. The Morgan fingerprint density at radius 3 is 2.76 bits per heavy atom. The summed E-state index contributed by atoms with van der Waals surface area (Å²) in [4.78, 5) is 17.0. The predicted molar refractivity (Wildman–Crippen MR) is 92.5 cm³/mol. The molecule has 25 heavy (non-hydrogen) atoms. The van der Waals surface area contributed by atoms with E-state index >= 15 is 0 Å². The Balaban J connectivity index is 1.70. The molecule has 7 nitrogen and oxygen atoms in total. The standard InChI is InChI=1S/C16H18FN3O4S/c1-25-13-8-15(22)20(16(13)23)7-6-18-14(21)10-24-19-9-11-2-4-12(17)5-3-11/h2-5,8-9,22-23H,6-7,10H2,1H3,(H,18,21)/i17-1. The van der Waals surface area contributed by atoms with E-state index in [0.29, 0.717) is 10.5 Å². The fourth-order valence-electron chi connectivity index (χ4n) is 1.97. The summed E-state index contributed by atoms with van der Waals surface area (Å²) >= 11 is 1.31. The summed E-state index contributed by atoms with van der Waals surface area (Å²) in [5.41, 5.74) is 0.643. The van der Waals surface area contributed by atoms with Crippen LogP contribution in [0.5, 0.6) is 11.8 Å². The molecule has 0 aliphatic rings. The summed E-state index contributed by atoms with van der Waals surface area (Å²) < 4.78 is 14.0. The second-order valence-electron chi connectivity index (χ2n) is 4.96. The van der Waals surface area contributed by atoms with Crippen molar-refractivity contribution >= 4 is 23.9 Å². The highest BCUT2D eigenvalue weighted by Gasteiger charge is 2.13. The first kappa shape index (κ1) is 18.7. The first-order valence-electron chi connectivity index (χ1n) is 7.34. The number of rotatable bonds is 8. The highest BCUT2D eigenvalue weighted by molar-refractivity contribution is 7.98. The van der Waals surface area contributed by atoms with E-state index in [1.165, 1.54) is 52.9 Å². The van der Waals surface area contributed by atoms with Crippen molar-refractivity contribution in [2.75, 3.05) is 19.4 Å². The number of hydrogen-bond acceptors (Lipinski definition) is 6. The van der Waals surface area contributed by atoms with Crippen LogP contribution in [0.4, 0.5) is 4.39 Å². The van der Waals surface area contributed by atoms with Crippen molar-refractivity contribution in [1.29, 1.82) is 0 Å². The molecular weight excluding hydrogens is 348 g/mol. The molecule has 0 unspecified atom stereocenters. The van der Waals surface area contributed by atoms with Gasteiger partial charge in [-0.25, -0.2) is 4.39 Å². The average Bonchev–Trinajstić information content (AvgIpc) is 2.87. The summed E-state index contributed by atoms with van der Waals surface area (Å²) in [6.07, 6.45) is 3.15. The molecule has 1 aromatic heterocycles. The number of oxime groups is 1. The lowest BCUT2D eigenvalue weighted by molar-refractivity contribution is -0.125. The molecule has 9 heteroatoms. The van der Waals surface area contributed by atoms with Crippen molar-refractivity contribution in [3.8, 4) is 11.8 Å². The van der Waals surface area contributed by atoms with Crippen molar-refractivity contribution in [1.82, 2.24) is 9.88 Å². The van der Waals surface area contributed by atoms with Gasteiger partial charge in [-0.3, -0.25) is 9.36 Å². The van der Waals surface area contributed by atoms with Crippen molar-refractivity contribution in [2.24, 2.45) is 5.16 Å². The zero-order valence-electron chi connectivity index (χ0n) is 13.5. The average molecular weight is 366 g/mol. The molecule has 1 amide bonds. The maximum Gasteiger partial charge on any atom is 0.260 e. The summed E-state index contributed by atoms with van der Waals surface area (Å²) in [7, 11) is 0. The van der Waals surface area contributed by atoms with E-state index in [1.807, 2.05) is 0 Å². The molecule has 0 spiro atoms. The number of nitrogens with one attached hydrogen (secondary N) is 1. The second kappa shape index (κ2) is 8.97. The molecule has 3 N–H and O–H groups in total. The molecule has 0 aliphatic heterocycles. The fourth-order valence-corrected chi connectivity index (χ4v) is 2.49. The van der Waals surface area contributed by atoms with Gasteiger partial charge in [-0.2, -0.15) is 0 Å². The smallest absolute Gasteiger partial charge is 0.260 e. The number of aromatic nitrogens is 1. The Hall–Kier alpha value is -2.68. The van der Waals surface area contributed by atoms with Crippen LogP contribution in [0.25, 0.3) is 0 Å². The topological polar surface area (TPSA) is 96.1 Å². The van der Waals surface area contributed by atoms with E-state index in [4.69, 9.17) is 4.84 Å². The molecule has 2 rings (SSSR count). The summed E-state index contributed by atoms with van der Waals surface area (Å²) in [6.45, 7) is 0.133. The zero-order chi connectivity index (χ0) is 18.2. The number of hydrogen-bond donors (Lipinski definition) is 3. The molecule has 1 heterocycles. The van der Waals surface area contributed by atoms with Crippen molar-refractivity contribution in [3.63, 3.8) is 0 Å². The molecular formula is C16H18FN3O4S. The van der Waals surface area contributed by atoms with Crippen LogP contribution in [-0.4, -0.2) is 46.3 Å². The Kier molecular flexibility index (Phi) is 6.70. The van der Waals surface area contributed by atoms with Crippen LogP contribution in [0.1, 0.15) is 5.56 Å². The second-order valence-corrected chi connectivity index (χ2v) is 5.80. The number of thioether (sulfide) groups is 1. The minimum absolute atomic E-state index is 0.0422. The van der Waals surface area contributed by atoms with Gasteiger partial charge in [0.05, 0.1) is 11.1 Å². The summed E-state index contributed by atoms with van der Waals surface area (Å²) in [5, 5.41) is 25.8. The van der Waals surface area contributed by atoms with E-state index in [9.17, 15) is 19.4 Å². The van der Waals surface area contributed by atoms with Gasteiger partial charge in [-0.05, 0) is 24.0 Å². The van der Waals surface area contributed by atoms with Crippen LogP contribution in [0.2, 0.25) is 0 Å². The van der Waals surface area contributed by atoms with Crippen LogP contribution in [-0.2, 0) is 16.2 Å². The van der Waals surface area contributed by atoms with E-state index in [1.54, 1.807) is 6.26 Å². The van der Waals surface area contributed by atoms with Crippen molar-refractivity contribution in [2.45, 2.75) is 11.4 Å². The van der Waals surface area contributed by atoms with E-state index < -0.39 is 5.91 Å². The van der Waals surface area contributed by atoms with Crippen molar-refractivity contribution in [3.05, 3.63) is 41.7 Å². The molecule has 0 radical (unpaired) electrons. The molecule has 0 saturated heterocycles. The SMILES string of the molecule is CSc1cc(O)n(CCNC(=O)CON=Cc2ccc([18F])cc2)c1O. The Labute approximate surface area is 148 Å². The van der Waals surface area contributed by atoms with E-state index in [-0.39, 0.29) is 37.3 Å². The quantitative estimate of drug-likeness (QED) is 0.377. The van der Waals surface area contributed by atoms with Gasteiger partial charge in [-0.1, -0.05) is 17.3 Å². The first-order chi connectivity index (χ1) is 12.0. The van der Waals surface area contributed by atoms with Gasteiger partial charge in [0.1, 0.15) is 5.82 Å². The molecule has 0 bridgehead atoms. The minimum atomic E-state index is -0.396. The van der Waals surface area contributed by atoms with Gasteiger partial charge in [0.15, 0.2) is 12.5 Å². The van der Waals surface area contributed by atoms with Crippen LogP contribution in [0.15, 0.2) is 40.4 Å². The molecule has 2 aromatic rings. The van der Waals surface area contributed by atoms with Gasteiger partial charge in [0.2, 0.25) is 5.88 Å². The number of amides is 1. The number of carbonyl (C=O) groups excluding carboxylic acids is 1. The van der Waals surface area contributed by atoms with Gasteiger partial charge >= 0.3 is 0 Å². The van der Waals surface area contributed by atoms with Gasteiger partial charge in [-0.15, -0.1) is 11.8 Å².